The van der Waals surface area contributed by atoms with Crippen molar-refractivity contribution in [3.8, 4) is 11.4 Å². The molecule has 0 spiro atoms. The second-order valence-corrected chi connectivity index (χ2v) is 6.64. The number of rotatable bonds is 5. The summed E-state index contributed by atoms with van der Waals surface area (Å²) >= 11 is 0. The summed E-state index contributed by atoms with van der Waals surface area (Å²) < 4.78 is 1.99. The first-order valence-corrected chi connectivity index (χ1v) is 9.03. The summed E-state index contributed by atoms with van der Waals surface area (Å²) in [4.78, 5) is 17.4. The van der Waals surface area contributed by atoms with E-state index in [1.54, 1.807) is 0 Å². The van der Waals surface area contributed by atoms with Gasteiger partial charge < -0.3 is 9.88 Å². The van der Waals surface area contributed by atoms with E-state index in [0.29, 0.717) is 6.54 Å². The molecule has 134 valence electrons. The highest BCUT2D eigenvalue weighted by atomic mass is 16.1. The summed E-state index contributed by atoms with van der Waals surface area (Å²) in [5, 5.41) is 3.00. The zero-order valence-electron chi connectivity index (χ0n) is 15.2. The summed E-state index contributed by atoms with van der Waals surface area (Å²) in [5.74, 6) is 0.783. The molecule has 0 aliphatic rings. The number of para-hydroxylation sites is 2. The van der Waals surface area contributed by atoms with Crippen molar-refractivity contribution >= 4 is 16.9 Å². The van der Waals surface area contributed by atoms with Gasteiger partial charge in [-0.15, -0.1) is 0 Å². The van der Waals surface area contributed by atoms with Gasteiger partial charge in [0, 0.05) is 12.1 Å². The molecule has 0 radical (unpaired) electrons. The molecule has 0 saturated heterocycles. The number of fused-ring (bicyclic) bond motifs is 1. The third kappa shape index (κ3) is 3.75. The molecule has 4 aromatic rings. The zero-order valence-corrected chi connectivity index (χ0v) is 15.2. The van der Waals surface area contributed by atoms with Gasteiger partial charge in [0.25, 0.3) is 0 Å². The number of amides is 1. The Morgan fingerprint density at radius 2 is 1.74 bits per heavy atom. The molecule has 0 saturated carbocycles. The summed E-state index contributed by atoms with van der Waals surface area (Å²) in [6.45, 7) is 2.81. The molecule has 0 bridgehead atoms. The minimum atomic E-state index is -0.0316. The molecule has 1 amide bonds. The Kier molecular flexibility index (Phi) is 4.71. The van der Waals surface area contributed by atoms with Crippen molar-refractivity contribution in [1.29, 1.82) is 0 Å². The van der Waals surface area contributed by atoms with E-state index in [0.717, 1.165) is 28.0 Å². The Morgan fingerprint density at radius 1 is 0.963 bits per heavy atom. The van der Waals surface area contributed by atoms with Gasteiger partial charge in [0.1, 0.15) is 12.4 Å². The fourth-order valence-electron chi connectivity index (χ4n) is 3.24. The molecule has 1 N–H and O–H groups in total. The molecular weight excluding hydrogens is 334 g/mol. The second kappa shape index (κ2) is 7.46. The van der Waals surface area contributed by atoms with Crippen LogP contribution in [-0.2, 0) is 17.9 Å². The maximum absolute atomic E-state index is 12.6. The maximum atomic E-state index is 12.6. The van der Waals surface area contributed by atoms with E-state index in [4.69, 9.17) is 4.98 Å². The van der Waals surface area contributed by atoms with E-state index in [-0.39, 0.29) is 12.5 Å². The number of carbonyl (C=O) groups is 1. The average Bonchev–Trinajstić information content (AvgIpc) is 3.06. The van der Waals surface area contributed by atoms with Gasteiger partial charge in [-0.3, -0.25) is 4.79 Å². The average molecular weight is 355 g/mol. The molecule has 27 heavy (non-hydrogen) atoms. The molecule has 3 aromatic carbocycles. The van der Waals surface area contributed by atoms with Crippen molar-refractivity contribution in [2.45, 2.75) is 20.0 Å². The Morgan fingerprint density at radius 3 is 2.56 bits per heavy atom. The second-order valence-electron chi connectivity index (χ2n) is 6.64. The lowest BCUT2D eigenvalue weighted by atomic mass is 10.1. The fourth-order valence-corrected chi connectivity index (χ4v) is 3.24. The Labute approximate surface area is 158 Å². The van der Waals surface area contributed by atoms with Gasteiger partial charge >= 0.3 is 0 Å². The van der Waals surface area contributed by atoms with Gasteiger partial charge in [-0.05, 0) is 30.7 Å². The number of hydrogen-bond acceptors (Lipinski definition) is 2. The predicted molar refractivity (Wildman–Crippen MR) is 108 cm³/mol. The fraction of sp³-hybridized carbons (Fsp3) is 0.130. The number of imidazole rings is 1. The molecule has 4 heteroatoms. The summed E-state index contributed by atoms with van der Waals surface area (Å²) in [7, 11) is 0. The Balaban J connectivity index is 1.63. The van der Waals surface area contributed by atoms with Crippen LogP contribution in [0.5, 0.6) is 0 Å². The number of nitrogens with zero attached hydrogens (tertiary/aromatic N) is 2. The lowest BCUT2D eigenvalue weighted by Crippen LogP contribution is -2.27. The molecule has 0 atom stereocenters. The van der Waals surface area contributed by atoms with Crippen molar-refractivity contribution in [1.82, 2.24) is 14.9 Å². The van der Waals surface area contributed by atoms with Crippen molar-refractivity contribution < 1.29 is 4.79 Å². The van der Waals surface area contributed by atoms with Crippen molar-refractivity contribution in [2.24, 2.45) is 0 Å². The number of benzene rings is 3. The number of carbonyl (C=O) groups excluding carboxylic acids is 1. The van der Waals surface area contributed by atoms with Gasteiger partial charge in [0.2, 0.25) is 5.91 Å². The van der Waals surface area contributed by atoms with Crippen molar-refractivity contribution in [3.05, 3.63) is 90.0 Å². The topological polar surface area (TPSA) is 46.9 Å². The molecule has 0 aliphatic carbocycles. The number of aryl methyl sites for hydroxylation is 1. The Hall–Kier alpha value is -3.40. The van der Waals surface area contributed by atoms with E-state index in [1.807, 2.05) is 71.3 Å². The smallest absolute Gasteiger partial charge is 0.240 e. The maximum Gasteiger partial charge on any atom is 0.240 e. The van der Waals surface area contributed by atoms with Crippen LogP contribution in [0.15, 0.2) is 78.9 Å². The van der Waals surface area contributed by atoms with Crippen LogP contribution in [0.3, 0.4) is 0 Å². The number of nitrogens with one attached hydrogen (secondary N) is 1. The number of aromatic nitrogens is 2. The van der Waals surface area contributed by atoms with Crippen LogP contribution < -0.4 is 5.32 Å². The monoisotopic (exact) mass is 355 g/mol. The first kappa shape index (κ1) is 17.0. The molecule has 1 heterocycles. The van der Waals surface area contributed by atoms with Crippen LogP contribution >= 0.6 is 0 Å². The molecule has 0 unspecified atom stereocenters. The molecule has 4 nitrogen and oxygen atoms in total. The standard InChI is InChI=1S/C23H21N3O/c1-17-8-7-11-19(14-17)23-25-20-12-5-6-13-21(20)26(23)16-22(27)24-15-18-9-3-2-4-10-18/h2-14H,15-16H2,1H3,(H,24,27). The van der Waals surface area contributed by atoms with E-state index < -0.39 is 0 Å². The van der Waals surface area contributed by atoms with E-state index in [2.05, 4.69) is 24.4 Å². The highest BCUT2D eigenvalue weighted by Crippen LogP contribution is 2.25. The lowest BCUT2D eigenvalue weighted by molar-refractivity contribution is -0.121. The van der Waals surface area contributed by atoms with Crippen LogP contribution in [0.2, 0.25) is 0 Å². The van der Waals surface area contributed by atoms with E-state index in [1.165, 1.54) is 5.56 Å². The molecule has 0 aliphatic heterocycles. The SMILES string of the molecule is Cc1cccc(-c2nc3ccccc3n2CC(=O)NCc2ccccc2)c1. The van der Waals surface area contributed by atoms with Gasteiger partial charge in [0.05, 0.1) is 11.0 Å². The molecule has 4 rings (SSSR count). The van der Waals surface area contributed by atoms with Gasteiger partial charge in [-0.2, -0.15) is 0 Å². The van der Waals surface area contributed by atoms with E-state index >= 15 is 0 Å². The highest BCUT2D eigenvalue weighted by molar-refractivity contribution is 5.84. The largest absolute Gasteiger partial charge is 0.350 e. The summed E-state index contributed by atoms with van der Waals surface area (Å²) in [6, 6.07) is 26.1. The molecule has 1 aromatic heterocycles. The highest BCUT2D eigenvalue weighted by Gasteiger charge is 2.15. The Bertz CT molecular complexity index is 1080. The quantitative estimate of drug-likeness (QED) is 0.579. The lowest BCUT2D eigenvalue weighted by Gasteiger charge is -2.11. The van der Waals surface area contributed by atoms with Crippen molar-refractivity contribution in [2.75, 3.05) is 0 Å². The molecule has 0 fully saturated rings. The van der Waals surface area contributed by atoms with Crippen LogP contribution in [-0.4, -0.2) is 15.5 Å². The third-order valence-corrected chi connectivity index (χ3v) is 4.57. The minimum absolute atomic E-state index is 0.0316. The van der Waals surface area contributed by atoms with Crippen molar-refractivity contribution in [3.63, 3.8) is 0 Å². The summed E-state index contributed by atoms with van der Waals surface area (Å²) in [5.41, 5.74) is 5.12. The zero-order chi connectivity index (χ0) is 18.6. The van der Waals surface area contributed by atoms with Gasteiger partial charge in [0.15, 0.2) is 0 Å². The predicted octanol–water partition coefficient (Wildman–Crippen LogP) is 4.33. The van der Waals surface area contributed by atoms with E-state index in [9.17, 15) is 4.79 Å². The third-order valence-electron chi connectivity index (χ3n) is 4.57. The van der Waals surface area contributed by atoms with Gasteiger partial charge in [-0.25, -0.2) is 4.98 Å². The van der Waals surface area contributed by atoms with Crippen LogP contribution in [0.1, 0.15) is 11.1 Å². The van der Waals surface area contributed by atoms with Gasteiger partial charge in [-0.1, -0.05) is 66.2 Å². The van der Waals surface area contributed by atoms with Crippen LogP contribution in [0, 0.1) is 6.92 Å². The normalized spacial score (nSPS) is 10.9. The van der Waals surface area contributed by atoms with Crippen LogP contribution in [0.4, 0.5) is 0 Å². The minimum Gasteiger partial charge on any atom is -0.350 e. The van der Waals surface area contributed by atoms with Crippen LogP contribution in [0.25, 0.3) is 22.4 Å². The first-order valence-electron chi connectivity index (χ1n) is 9.03. The number of hydrogen-bond donors (Lipinski definition) is 1. The first-order chi connectivity index (χ1) is 13.2. The summed E-state index contributed by atoms with van der Waals surface area (Å²) in [6.07, 6.45) is 0. The molecular formula is C23H21N3O.